The number of hydrogen-bond acceptors (Lipinski definition) is 1. The smallest absolute Gasteiger partial charge is 0.123 e. The highest BCUT2D eigenvalue weighted by Gasteiger charge is 2.30. The zero-order valence-corrected chi connectivity index (χ0v) is 9.04. The Morgan fingerprint density at radius 3 is 2.40 bits per heavy atom. The summed E-state index contributed by atoms with van der Waals surface area (Å²) in [4.78, 5) is 0. The second-order valence-corrected chi connectivity index (χ2v) is 4.78. The van der Waals surface area contributed by atoms with Crippen LogP contribution < -0.4 is 0 Å². The van der Waals surface area contributed by atoms with Crippen molar-refractivity contribution >= 4 is 0 Å². The van der Waals surface area contributed by atoms with E-state index in [1.165, 1.54) is 31.4 Å². The molecular formula is C13H17FO. The predicted molar refractivity (Wildman–Crippen MR) is 57.9 cm³/mol. The van der Waals surface area contributed by atoms with Gasteiger partial charge in [0.05, 0.1) is 5.60 Å². The van der Waals surface area contributed by atoms with Crippen LogP contribution in [-0.2, 0) is 5.60 Å². The van der Waals surface area contributed by atoms with E-state index in [2.05, 4.69) is 0 Å². The van der Waals surface area contributed by atoms with Gasteiger partial charge in [0, 0.05) is 0 Å². The normalized spacial score (nSPS) is 20.7. The minimum atomic E-state index is -0.807. The molecule has 0 aliphatic heterocycles. The molecule has 0 bridgehead atoms. The lowest BCUT2D eigenvalue weighted by atomic mass is 9.76. The average Bonchev–Trinajstić information content (AvgIpc) is 2.13. The Morgan fingerprint density at radius 1 is 1.33 bits per heavy atom. The van der Waals surface area contributed by atoms with Crippen molar-refractivity contribution in [2.24, 2.45) is 5.92 Å². The molecule has 0 saturated heterocycles. The van der Waals surface area contributed by atoms with Crippen LogP contribution in [0.5, 0.6) is 0 Å². The van der Waals surface area contributed by atoms with Gasteiger partial charge in [-0.2, -0.15) is 0 Å². The fourth-order valence-corrected chi connectivity index (χ4v) is 2.19. The van der Waals surface area contributed by atoms with Crippen molar-refractivity contribution in [2.75, 3.05) is 0 Å². The lowest BCUT2D eigenvalue weighted by Crippen LogP contribution is -2.27. The molecule has 1 unspecified atom stereocenters. The van der Waals surface area contributed by atoms with Gasteiger partial charge in [0.15, 0.2) is 0 Å². The average molecular weight is 208 g/mol. The van der Waals surface area contributed by atoms with Crippen LogP contribution in [0.15, 0.2) is 24.3 Å². The van der Waals surface area contributed by atoms with Crippen LogP contribution in [0.2, 0.25) is 0 Å². The van der Waals surface area contributed by atoms with Crippen LogP contribution >= 0.6 is 0 Å². The summed E-state index contributed by atoms with van der Waals surface area (Å²) in [6.07, 6.45) is 4.51. The van der Waals surface area contributed by atoms with Crippen LogP contribution in [0.1, 0.15) is 38.2 Å². The number of aliphatic hydroxyl groups is 1. The van der Waals surface area contributed by atoms with Gasteiger partial charge in [0.2, 0.25) is 0 Å². The summed E-state index contributed by atoms with van der Waals surface area (Å²) >= 11 is 0. The molecule has 15 heavy (non-hydrogen) atoms. The molecule has 1 aliphatic rings. The SMILES string of the molecule is CC(O)(CC1CCC1)c1ccc(F)cc1. The minimum Gasteiger partial charge on any atom is -0.385 e. The molecule has 0 spiro atoms. The van der Waals surface area contributed by atoms with Gasteiger partial charge in [-0.25, -0.2) is 4.39 Å². The summed E-state index contributed by atoms with van der Waals surface area (Å²) in [5.41, 5.74) is 0.00880. The van der Waals surface area contributed by atoms with Crippen molar-refractivity contribution in [3.8, 4) is 0 Å². The Labute approximate surface area is 89.9 Å². The monoisotopic (exact) mass is 208 g/mol. The first-order chi connectivity index (χ1) is 7.08. The Bertz CT molecular complexity index is 325. The molecule has 2 heteroatoms. The molecule has 0 heterocycles. The summed E-state index contributed by atoms with van der Waals surface area (Å²) in [7, 11) is 0. The van der Waals surface area contributed by atoms with E-state index in [0.717, 1.165) is 12.0 Å². The van der Waals surface area contributed by atoms with Crippen LogP contribution in [0.25, 0.3) is 0 Å². The first-order valence-corrected chi connectivity index (χ1v) is 5.56. The molecule has 1 fully saturated rings. The molecule has 1 aromatic rings. The number of rotatable bonds is 3. The minimum absolute atomic E-state index is 0.252. The molecule has 0 aromatic heterocycles. The summed E-state index contributed by atoms with van der Waals surface area (Å²) in [5, 5.41) is 10.3. The molecule has 1 saturated carbocycles. The number of benzene rings is 1. The lowest BCUT2D eigenvalue weighted by Gasteiger charge is -2.33. The maximum Gasteiger partial charge on any atom is 0.123 e. The topological polar surface area (TPSA) is 20.2 Å². The van der Waals surface area contributed by atoms with E-state index in [-0.39, 0.29) is 5.82 Å². The highest BCUT2D eigenvalue weighted by Crippen LogP contribution is 2.37. The summed E-state index contributed by atoms with van der Waals surface area (Å²) < 4.78 is 12.7. The van der Waals surface area contributed by atoms with Crippen molar-refractivity contribution in [3.05, 3.63) is 35.6 Å². The molecule has 0 amide bonds. The summed E-state index contributed by atoms with van der Waals surface area (Å²) in [6, 6.07) is 6.16. The molecular weight excluding hydrogens is 191 g/mol. The zero-order chi connectivity index (χ0) is 10.9. The molecule has 1 nitrogen and oxygen atoms in total. The van der Waals surface area contributed by atoms with Crippen molar-refractivity contribution in [3.63, 3.8) is 0 Å². The van der Waals surface area contributed by atoms with Crippen LogP contribution in [-0.4, -0.2) is 5.11 Å². The highest BCUT2D eigenvalue weighted by atomic mass is 19.1. The third-order valence-electron chi connectivity index (χ3n) is 3.38. The van der Waals surface area contributed by atoms with Crippen molar-refractivity contribution in [1.29, 1.82) is 0 Å². The van der Waals surface area contributed by atoms with Crippen molar-refractivity contribution in [1.82, 2.24) is 0 Å². The zero-order valence-electron chi connectivity index (χ0n) is 9.04. The maximum atomic E-state index is 12.7. The Hall–Kier alpha value is -0.890. The van der Waals surface area contributed by atoms with Crippen molar-refractivity contribution in [2.45, 2.75) is 38.2 Å². The first-order valence-electron chi connectivity index (χ1n) is 5.56. The van der Waals surface area contributed by atoms with Gasteiger partial charge in [0.1, 0.15) is 5.82 Å². The molecule has 1 aromatic carbocycles. The van der Waals surface area contributed by atoms with E-state index < -0.39 is 5.60 Å². The summed E-state index contributed by atoms with van der Waals surface area (Å²) in [5.74, 6) is 0.392. The van der Waals surface area contributed by atoms with E-state index in [4.69, 9.17) is 0 Å². The van der Waals surface area contributed by atoms with Gasteiger partial charge in [-0.15, -0.1) is 0 Å². The van der Waals surface area contributed by atoms with E-state index >= 15 is 0 Å². The van der Waals surface area contributed by atoms with E-state index in [1.807, 2.05) is 6.92 Å². The summed E-state index contributed by atoms with van der Waals surface area (Å²) in [6.45, 7) is 1.82. The lowest BCUT2D eigenvalue weighted by molar-refractivity contribution is 0.0161. The fraction of sp³-hybridized carbons (Fsp3) is 0.538. The quantitative estimate of drug-likeness (QED) is 0.808. The van der Waals surface area contributed by atoms with E-state index in [9.17, 15) is 9.50 Å². The van der Waals surface area contributed by atoms with Gasteiger partial charge in [-0.3, -0.25) is 0 Å². The Kier molecular flexibility index (Phi) is 2.79. The molecule has 0 radical (unpaired) electrons. The van der Waals surface area contributed by atoms with Gasteiger partial charge < -0.3 is 5.11 Å². The predicted octanol–water partition coefficient (Wildman–Crippen LogP) is 3.22. The maximum absolute atomic E-state index is 12.7. The van der Waals surface area contributed by atoms with E-state index in [0.29, 0.717) is 5.92 Å². The van der Waals surface area contributed by atoms with Gasteiger partial charge >= 0.3 is 0 Å². The molecule has 1 aliphatic carbocycles. The number of halogens is 1. The highest BCUT2D eigenvalue weighted by molar-refractivity contribution is 5.22. The third kappa shape index (κ3) is 2.37. The standard InChI is InChI=1S/C13H17FO/c1-13(15,9-10-3-2-4-10)11-5-7-12(14)8-6-11/h5-8,10,15H,2-4,9H2,1H3. The van der Waals surface area contributed by atoms with Crippen LogP contribution in [0, 0.1) is 11.7 Å². The van der Waals surface area contributed by atoms with Crippen molar-refractivity contribution < 1.29 is 9.50 Å². The largest absolute Gasteiger partial charge is 0.385 e. The number of hydrogen-bond donors (Lipinski definition) is 1. The molecule has 1 atom stereocenters. The van der Waals surface area contributed by atoms with Gasteiger partial charge in [-0.1, -0.05) is 31.4 Å². The second kappa shape index (κ2) is 3.93. The van der Waals surface area contributed by atoms with E-state index in [1.54, 1.807) is 12.1 Å². The molecule has 82 valence electrons. The third-order valence-corrected chi connectivity index (χ3v) is 3.38. The fourth-order valence-electron chi connectivity index (χ4n) is 2.19. The van der Waals surface area contributed by atoms with Crippen LogP contribution in [0.3, 0.4) is 0 Å². The van der Waals surface area contributed by atoms with Gasteiger partial charge in [0.25, 0.3) is 0 Å². The van der Waals surface area contributed by atoms with Crippen LogP contribution in [0.4, 0.5) is 4.39 Å². The Morgan fingerprint density at radius 2 is 1.93 bits per heavy atom. The molecule has 2 rings (SSSR count). The second-order valence-electron chi connectivity index (χ2n) is 4.78. The van der Waals surface area contributed by atoms with Gasteiger partial charge in [-0.05, 0) is 37.0 Å². The first kappa shape index (κ1) is 10.6. The Balaban J connectivity index is 2.09. The molecule has 1 N–H and O–H groups in total.